The molecular weight excluding hydrogens is 222 g/mol. The molecule has 0 bridgehead atoms. The lowest BCUT2D eigenvalue weighted by Gasteiger charge is -2.33. The van der Waals surface area contributed by atoms with Crippen LogP contribution in [0.4, 0.5) is 0 Å². The summed E-state index contributed by atoms with van der Waals surface area (Å²) in [6, 6.07) is 10.6. The molecule has 0 saturated heterocycles. The van der Waals surface area contributed by atoms with Crippen molar-refractivity contribution in [3.8, 4) is 0 Å². The van der Waals surface area contributed by atoms with Crippen LogP contribution in [0, 0.1) is 0 Å². The molecule has 102 valence electrons. The number of nitrogens with one attached hydrogen (secondary N) is 1. The highest BCUT2D eigenvalue weighted by Crippen LogP contribution is 2.02. The van der Waals surface area contributed by atoms with Gasteiger partial charge in [0.25, 0.3) is 0 Å². The van der Waals surface area contributed by atoms with Gasteiger partial charge in [0.05, 0.1) is 0 Å². The highest BCUT2D eigenvalue weighted by atomic mass is 15.8. The maximum atomic E-state index is 3.53. The van der Waals surface area contributed by atoms with Crippen molar-refractivity contribution >= 4 is 0 Å². The van der Waals surface area contributed by atoms with Crippen LogP contribution < -0.4 is 5.43 Å². The van der Waals surface area contributed by atoms with Crippen molar-refractivity contribution in [2.24, 2.45) is 0 Å². The Morgan fingerprint density at radius 3 is 2.22 bits per heavy atom. The first kappa shape index (κ1) is 15.2. The van der Waals surface area contributed by atoms with Crippen molar-refractivity contribution in [3.05, 3.63) is 35.9 Å². The summed E-state index contributed by atoms with van der Waals surface area (Å²) in [6.07, 6.45) is 2.45. The normalized spacial score (nSPS) is 11.4. The molecule has 0 saturated carbocycles. The van der Waals surface area contributed by atoms with Gasteiger partial charge in [0, 0.05) is 26.2 Å². The maximum absolute atomic E-state index is 3.53. The monoisotopic (exact) mass is 249 g/mol. The zero-order valence-corrected chi connectivity index (χ0v) is 12.0. The van der Waals surface area contributed by atoms with Gasteiger partial charge in [-0.1, -0.05) is 57.5 Å². The molecule has 0 aliphatic rings. The van der Waals surface area contributed by atoms with E-state index in [1.54, 1.807) is 0 Å². The van der Waals surface area contributed by atoms with Crippen molar-refractivity contribution in [2.75, 3.05) is 19.6 Å². The van der Waals surface area contributed by atoms with E-state index in [0.29, 0.717) is 0 Å². The number of hydrogen-bond acceptors (Lipinski definition) is 3. The lowest BCUT2D eigenvalue weighted by atomic mass is 10.2. The quantitative estimate of drug-likeness (QED) is 0.679. The summed E-state index contributed by atoms with van der Waals surface area (Å²) in [5.74, 6) is 0. The van der Waals surface area contributed by atoms with Gasteiger partial charge >= 0.3 is 0 Å². The lowest BCUT2D eigenvalue weighted by Crippen LogP contribution is -2.50. The number of benzene rings is 1. The van der Waals surface area contributed by atoms with Crippen molar-refractivity contribution in [3.63, 3.8) is 0 Å². The molecule has 0 unspecified atom stereocenters. The van der Waals surface area contributed by atoms with E-state index in [1.807, 2.05) is 0 Å². The first-order chi connectivity index (χ1) is 8.81. The SMILES string of the molecule is CCCCN(NCc1ccccc1)N(CC)CC. The molecule has 0 atom stereocenters. The van der Waals surface area contributed by atoms with Crippen LogP contribution in [0.2, 0.25) is 0 Å². The molecule has 0 spiro atoms. The molecule has 1 rings (SSSR count). The second-order valence-corrected chi connectivity index (χ2v) is 4.44. The molecule has 0 aliphatic heterocycles. The average Bonchev–Trinajstić information content (AvgIpc) is 2.43. The minimum atomic E-state index is 0.890. The van der Waals surface area contributed by atoms with Crippen LogP contribution in [0.1, 0.15) is 39.2 Å². The predicted molar refractivity (Wildman–Crippen MR) is 77.8 cm³/mol. The molecule has 3 heteroatoms. The second-order valence-electron chi connectivity index (χ2n) is 4.44. The van der Waals surface area contributed by atoms with Crippen LogP contribution in [0.5, 0.6) is 0 Å². The Kier molecular flexibility index (Phi) is 7.65. The van der Waals surface area contributed by atoms with Gasteiger partial charge in [-0.2, -0.15) is 5.12 Å². The van der Waals surface area contributed by atoms with E-state index in [2.05, 4.69) is 66.7 Å². The van der Waals surface area contributed by atoms with E-state index < -0.39 is 0 Å². The van der Waals surface area contributed by atoms with Gasteiger partial charge in [0.15, 0.2) is 0 Å². The van der Waals surface area contributed by atoms with E-state index >= 15 is 0 Å². The minimum absolute atomic E-state index is 0.890. The van der Waals surface area contributed by atoms with Crippen molar-refractivity contribution in [1.29, 1.82) is 0 Å². The predicted octanol–water partition coefficient (Wildman–Crippen LogP) is 3.05. The molecule has 1 aromatic rings. The van der Waals surface area contributed by atoms with Crippen molar-refractivity contribution in [1.82, 2.24) is 15.6 Å². The lowest BCUT2D eigenvalue weighted by molar-refractivity contribution is -0.0662. The Labute approximate surface area is 112 Å². The van der Waals surface area contributed by atoms with Crippen LogP contribution in [0.15, 0.2) is 30.3 Å². The summed E-state index contributed by atoms with van der Waals surface area (Å²) in [6.45, 7) is 10.7. The molecule has 0 aromatic heterocycles. The fourth-order valence-corrected chi connectivity index (χ4v) is 1.97. The smallest absolute Gasteiger partial charge is 0.0366 e. The van der Waals surface area contributed by atoms with Crippen LogP contribution in [0.25, 0.3) is 0 Å². The molecule has 1 aromatic carbocycles. The van der Waals surface area contributed by atoms with Gasteiger partial charge in [-0.25, -0.2) is 10.4 Å². The number of unbranched alkanes of at least 4 members (excludes halogenated alkanes) is 1. The number of hydrazine groups is 2. The van der Waals surface area contributed by atoms with Gasteiger partial charge in [0.2, 0.25) is 0 Å². The highest BCUT2D eigenvalue weighted by Gasteiger charge is 2.10. The standard InChI is InChI=1S/C15H27N3/c1-4-7-13-18(17(5-2)6-3)16-14-15-11-9-8-10-12-15/h8-12,16H,4-7,13-14H2,1-3H3. The Bertz CT molecular complexity index is 296. The summed E-state index contributed by atoms with van der Waals surface area (Å²) in [5.41, 5.74) is 4.86. The van der Waals surface area contributed by atoms with Gasteiger partial charge in [0.1, 0.15) is 0 Å². The third kappa shape index (κ3) is 5.17. The summed E-state index contributed by atoms with van der Waals surface area (Å²) in [7, 11) is 0. The van der Waals surface area contributed by atoms with Crippen LogP contribution >= 0.6 is 0 Å². The Hall–Kier alpha value is -0.900. The van der Waals surface area contributed by atoms with Crippen molar-refractivity contribution in [2.45, 2.75) is 40.2 Å². The average molecular weight is 249 g/mol. The summed E-state index contributed by atoms with van der Waals surface area (Å²) >= 11 is 0. The minimum Gasteiger partial charge on any atom is -0.237 e. The zero-order chi connectivity index (χ0) is 13.2. The molecule has 0 radical (unpaired) electrons. The van der Waals surface area contributed by atoms with Gasteiger partial charge in [-0.05, 0) is 12.0 Å². The molecule has 3 nitrogen and oxygen atoms in total. The Balaban J connectivity index is 2.49. The highest BCUT2D eigenvalue weighted by molar-refractivity contribution is 5.13. The maximum Gasteiger partial charge on any atom is 0.0366 e. The van der Waals surface area contributed by atoms with Crippen LogP contribution in [-0.2, 0) is 6.54 Å². The Morgan fingerprint density at radius 1 is 1.00 bits per heavy atom. The van der Waals surface area contributed by atoms with Crippen molar-refractivity contribution < 1.29 is 0 Å². The molecule has 0 heterocycles. The molecule has 18 heavy (non-hydrogen) atoms. The topological polar surface area (TPSA) is 18.5 Å². The molecular formula is C15H27N3. The summed E-state index contributed by atoms with van der Waals surface area (Å²) in [4.78, 5) is 0. The third-order valence-corrected chi connectivity index (χ3v) is 3.10. The number of hydrogen-bond donors (Lipinski definition) is 1. The fraction of sp³-hybridized carbons (Fsp3) is 0.600. The Morgan fingerprint density at radius 2 is 1.67 bits per heavy atom. The van der Waals surface area contributed by atoms with E-state index in [4.69, 9.17) is 0 Å². The first-order valence-electron chi connectivity index (χ1n) is 7.11. The largest absolute Gasteiger partial charge is 0.237 e. The van der Waals surface area contributed by atoms with E-state index in [0.717, 1.165) is 26.2 Å². The van der Waals surface area contributed by atoms with Gasteiger partial charge < -0.3 is 0 Å². The van der Waals surface area contributed by atoms with Crippen LogP contribution in [-0.4, -0.2) is 29.8 Å². The van der Waals surface area contributed by atoms with E-state index in [-0.39, 0.29) is 0 Å². The van der Waals surface area contributed by atoms with E-state index in [1.165, 1.54) is 18.4 Å². The fourth-order valence-electron chi connectivity index (χ4n) is 1.97. The zero-order valence-electron chi connectivity index (χ0n) is 12.0. The number of rotatable bonds is 9. The summed E-state index contributed by atoms with van der Waals surface area (Å²) < 4.78 is 0. The molecule has 1 N–H and O–H groups in total. The second kappa shape index (κ2) is 9.09. The summed E-state index contributed by atoms with van der Waals surface area (Å²) in [5, 5.41) is 4.62. The number of nitrogens with zero attached hydrogens (tertiary/aromatic N) is 2. The first-order valence-corrected chi connectivity index (χ1v) is 7.11. The third-order valence-electron chi connectivity index (χ3n) is 3.10. The van der Waals surface area contributed by atoms with Crippen LogP contribution in [0.3, 0.4) is 0 Å². The molecule has 0 fully saturated rings. The van der Waals surface area contributed by atoms with E-state index in [9.17, 15) is 0 Å². The molecule has 0 amide bonds. The van der Waals surface area contributed by atoms with Gasteiger partial charge in [-0.15, -0.1) is 0 Å². The van der Waals surface area contributed by atoms with Gasteiger partial charge in [-0.3, -0.25) is 0 Å². The molecule has 0 aliphatic carbocycles.